The third-order valence-electron chi connectivity index (χ3n) is 4.52. The summed E-state index contributed by atoms with van der Waals surface area (Å²) in [4.78, 5) is 17.2. The molecule has 0 spiro atoms. The van der Waals surface area contributed by atoms with Crippen molar-refractivity contribution in [1.29, 1.82) is 0 Å². The Morgan fingerprint density at radius 3 is 2.60 bits per heavy atom. The minimum Gasteiger partial charge on any atom is -0.368 e. The molecule has 1 aliphatic rings. The van der Waals surface area contributed by atoms with Crippen LogP contribution in [0.25, 0.3) is 0 Å². The highest BCUT2D eigenvalue weighted by Gasteiger charge is 2.31. The first-order valence-corrected chi connectivity index (χ1v) is 10.8. The standard InChI is InChI=1S/C20H18Cl2N2OS.HNO3/c21-15-3-1-13(2-4-15)11-25-20-14(9-19-23-7-8-24-19)12-26-18-10-16(22)5-6-17(18)20;2-1(3)4/h1-8,10,14,20H,9,11-12H2,(H,23,24);(H,2,3,4)/t14-,20-;/m0./s1. The lowest BCUT2D eigenvalue weighted by molar-refractivity contribution is -0.742. The molecule has 0 aliphatic carbocycles. The second-order valence-electron chi connectivity index (χ2n) is 6.59. The van der Waals surface area contributed by atoms with E-state index in [1.165, 1.54) is 10.5 Å². The number of ether oxygens (including phenoxy) is 1. The Hall–Kier alpha value is -2.26. The maximum Gasteiger partial charge on any atom is 0.291 e. The van der Waals surface area contributed by atoms with Crippen LogP contribution < -0.4 is 0 Å². The van der Waals surface area contributed by atoms with Gasteiger partial charge in [0.15, 0.2) is 0 Å². The van der Waals surface area contributed by atoms with E-state index in [4.69, 9.17) is 43.3 Å². The molecule has 7 nitrogen and oxygen atoms in total. The molecular weight excluding hydrogens is 449 g/mol. The zero-order chi connectivity index (χ0) is 21.5. The van der Waals surface area contributed by atoms with E-state index in [2.05, 4.69) is 16.0 Å². The quantitative estimate of drug-likeness (QED) is 0.374. The Bertz CT molecular complexity index is 967. The molecule has 0 unspecified atom stereocenters. The van der Waals surface area contributed by atoms with E-state index in [-0.39, 0.29) is 6.10 Å². The van der Waals surface area contributed by atoms with Crippen molar-refractivity contribution in [2.45, 2.75) is 24.0 Å². The smallest absolute Gasteiger partial charge is 0.291 e. The maximum atomic E-state index is 8.36. The Morgan fingerprint density at radius 1 is 1.23 bits per heavy atom. The second kappa shape index (κ2) is 10.7. The molecule has 1 aromatic heterocycles. The minimum absolute atomic E-state index is 0.00398. The summed E-state index contributed by atoms with van der Waals surface area (Å²) in [6, 6.07) is 13.9. The van der Waals surface area contributed by atoms with Crippen molar-refractivity contribution in [2.24, 2.45) is 5.92 Å². The van der Waals surface area contributed by atoms with E-state index in [9.17, 15) is 0 Å². The number of aromatic nitrogens is 2. The highest BCUT2D eigenvalue weighted by molar-refractivity contribution is 7.99. The number of imidazole rings is 1. The van der Waals surface area contributed by atoms with E-state index >= 15 is 0 Å². The molecule has 0 fully saturated rings. The van der Waals surface area contributed by atoms with Crippen LogP contribution in [0.5, 0.6) is 0 Å². The number of nitrogens with one attached hydrogen (secondary N) is 1. The van der Waals surface area contributed by atoms with Crippen molar-refractivity contribution in [2.75, 3.05) is 5.75 Å². The molecule has 0 amide bonds. The van der Waals surface area contributed by atoms with Gasteiger partial charge in [0, 0.05) is 45.4 Å². The topological polar surface area (TPSA) is 101 Å². The second-order valence-corrected chi connectivity index (χ2v) is 8.52. The van der Waals surface area contributed by atoms with Crippen LogP contribution in [-0.2, 0) is 17.8 Å². The summed E-state index contributed by atoms with van der Waals surface area (Å²) in [5, 5.41) is 15.1. The number of benzene rings is 2. The largest absolute Gasteiger partial charge is 0.368 e. The summed E-state index contributed by atoms with van der Waals surface area (Å²) in [6.45, 7) is 0.545. The lowest BCUT2D eigenvalue weighted by Crippen LogP contribution is -2.25. The van der Waals surface area contributed by atoms with Gasteiger partial charge in [-0.1, -0.05) is 41.4 Å². The predicted octanol–water partition coefficient (Wildman–Crippen LogP) is 5.59. The average Bonchev–Trinajstić information content (AvgIpc) is 3.21. The normalized spacial score (nSPS) is 17.5. The fourth-order valence-electron chi connectivity index (χ4n) is 3.22. The summed E-state index contributed by atoms with van der Waals surface area (Å²) in [5.74, 6) is 2.31. The Morgan fingerprint density at radius 2 is 1.93 bits per heavy atom. The van der Waals surface area contributed by atoms with Crippen molar-refractivity contribution in [3.05, 3.63) is 92.0 Å². The van der Waals surface area contributed by atoms with Crippen LogP contribution in [0.4, 0.5) is 0 Å². The van der Waals surface area contributed by atoms with Gasteiger partial charge < -0.3 is 14.9 Å². The van der Waals surface area contributed by atoms with Gasteiger partial charge in [0.05, 0.1) is 12.7 Å². The van der Waals surface area contributed by atoms with Crippen LogP contribution in [0.15, 0.2) is 59.8 Å². The van der Waals surface area contributed by atoms with E-state index in [0.29, 0.717) is 12.5 Å². The minimum atomic E-state index is -1.50. The van der Waals surface area contributed by atoms with Gasteiger partial charge in [-0.25, -0.2) is 4.98 Å². The number of aromatic amines is 1. The zero-order valence-corrected chi connectivity index (χ0v) is 18.0. The number of fused-ring (bicyclic) bond motifs is 1. The van der Waals surface area contributed by atoms with Crippen LogP contribution in [0.3, 0.4) is 0 Å². The third-order valence-corrected chi connectivity index (χ3v) is 6.26. The SMILES string of the molecule is Clc1ccc(CO[C@@H]2c3ccc(Cl)cc3SC[C@@H]2Cc2ncc[nH]2)cc1.O=[N+]([O-])O. The van der Waals surface area contributed by atoms with E-state index < -0.39 is 5.09 Å². The van der Waals surface area contributed by atoms with Crippen LogP contribution in [0, 0.1) is 16.0 Å². The molecule has 0 saturated carbocycles. The molecule has 0 radical (unpaired) electrons. The first-order valence-electron chi connectivity index (χ1n) is 9.02. The van der Waals surface area contributed by atoms with Gasteiger partial charge in [-0.3, -0.25) is 0 Å². The summed E-state index contributed by atoms with van der Waals surface area (Å²) < 4.78 is 6.40. The summed E-state index contributed by atoms with van der Waals surface area (Å²) in [7, 11) is 0. The van der Waals surface area contributed by atoms with Gasteiger partial charge in [-0.15, -0.1) is 21.9 Å². The van der Waals surface area contributed by atoms with Crippen LogP contribution >= 0.6 is 35.0 Å². The molecule has 1 aliphatic heterocycles. The van der Waals surface area contributed by atoms with Crippen LogP contribution in [-0.4, -0.2) is 26.0 Å². The van der Waals surface area contributed by atoms with E-state index in [0.717, 1.165) is 33.6 Å². The Balaban J connectivity index is 0.000000589. The van der Waals surface area contributed by atoms with Crippen molar-refractivity contribution >= 4 is 35.0 Å². The average molecular weight is 468 g/mol. The molecule has 0 bridgehead atoms. The van der Waals surface area contributed by atoms with Crippen LogP contribution in [0.1, 0.15) is 23.1 Å². The third kappa shape index (κ3) is 6.37. The molecule has 30 heavy (non-hydrogen) atoms. The van der Waals surface area contributed by atoms with Crippen molar-refractivity contribution in [3.63, 3.8) is 0 Å². The predicted molar refractivity (Wildman–Crippen MR) is 116 cm³/mol. The van der Waals surface area contributed by atoms with Gasteiger partial charge in [-0.05, 0) is 35.4 Å². The van der Waals surface area contributed by atoms with Crippen LogP contribution in [0.2, 0.25) is 10.0 Å². The molecule has 3 aromatic rings. The van der Waals surface area contributed by atoms with Gasteiger partial charge >= 0.3 is 0 Å². The molecule has 2 atom stereocenters. The molecule has 158 valence electrons. The number of thioether (sulfide) groups is 1. The number of nitrogens with zero attached hydrogens (tertiary/aromatic N) is 2. The number of halogens is 2. The fraction of sp³-hybridized carbons (Fsp3) is 0.250. The molecule has 2 N–H and O–H groups in total. The molecule has 10 heteroatoms. The molecule has 2 heterocycles. The number of hydrogen-bond donors (Lipinski definition) is 2. The number of hydrogen-bond acceptors (Lipinski definition) is 5. The van der Waals surface area contributed by atoms with Gasteiger partial charge in [0.1, 0.15) is 5.82 Å². The fourth-order valence-corrected chi connectivity index (χ4v) is 4.83. The molecular formula is C20H19Cl2N3O4S. The lowest BCUT2D eigenvalue weighted by Gasteiger charge is -2.33. The van der Waals surface area contributed by atoms with Gasteiger partial charge in [0.25, 0.3) is 5.09 Å². The first-order chi connectivity index (χ1) is 14.4. The Labute approximate surface area is 187 Å². The first kappa shape index (κ1) is 22.4. The van der Waals surface area contributed by atoms with Crippen molar-refractivity contribution < 1.29 is 15.0 Å². The number of H-pyrrole nitrogens is 1. The molecule has 2 aromatic carbocycles. The lowest BCUT2D eigenvalue weighted by atomic mass is 9.93. The van der Waals surface area contributed by atoms with Crippen molar-refractivity contribution in [3.8, 4) is 0 Å². The summed E-state index contributed by atoms with van der Waals surface area (Å²) in [6.07, 6.45) is 4.52. The highest BCUT2D eigenvalue weighted by atomic mass is 35.5. The van der Waals surface area contributed by atoms with Gasteiger partial charge in [0.2, 0.25) is 0 Å². The summed E-state index contributed by atoms with van der Waals surface area (Å²) >= 11 is 14.0. The number of rotatable bonds is 5. The van der Waals surface area contributed by atoms with E-state index in [1.807, 2.05) is 54.4 Å². The molecule has 0 saturated heterocycles. The molecule has 4 rings (SSSR count). The monoisotopic (exact) mass is 467 g/mol. The highest BCUT2D eigenvalue weighted by Crippen LogP contribution is 2.44. The van der Waals surface area contributed by atoms with E-state index in [1.54, 1.807) is 6.20 Å². The van der Waals surface area contributed by atoms with Gasteiger partial charge in [-0.2, -0.15) is 0 Å². The Kier molecular flexibility index (Phi) is 7.98. The zero-order valence-electron chi connectivity index (χ0n) is 15.7. The summed E-state index contributed by atoms with van der Waals surface area (Å²) in [5.41, 5.74) is 2.32. The van der Waals surface area contributed by atoms with Crippen molar-refractivity contribution in [1.82, 2.24) is 9.97 Å². The maximum absolute atomic E-state index is 8.36.